The van der Waals surface area contributed by atoms with Crippen LogP contribution in [0.15, 0.2) is 52.5 Å². The third-order valence-electron chi connectivity index (χ3n) is 4.37. The Hall–Kier alpha value is -3.50. The monoisotopic (exact) mass is 486 g/mol. The Labute approximate surface area is 198 Å². The van der Waals surface area contributed by atoms with E-state index in [-0.39, 0.29) is 31.0 Å². The zero-order valence-electron chi connectivity index (χ0n) is 17.8. The minimum Gasteiger partial charge on any atom is -0.462 e. The maximum Gasteiger partial charge on any atom is 0.341 e. The molecule has 33 heavy (non-hydrogen) atoms. The summed E-state index contributed by atoms with van der Waals surface area (Å²) in [5, 5.41) is 10.8. The Bertz CT molecular complexity index is 1110. The van der Waals surface area contributed by atoms with Crippen molar-refractivity contribution < 1.29 is 28.7 Å². The van der Waals surface area contributed by atoms with Gasteiger partial charge in [0.15, 0.2) is 6.61 Å². The van der Waals surface area contributed by atoms with Gasteiger partial charge in [-0.1, -0.05) is 30.3 Å². The molecule has 0 aliphatic rings. The molecule has 0 aliphatic carbocycles. The summed E-state index contributed by atoms with van der Waals surface area (Å²) in [4.78, 5) is 48.6. The lowest BCUT2D eigenvalue weighted by molar-refractivity contribution is -0.147. The van der Waals surface area contributed by atoms with E-state index in [4.69, 9.17) is 9.47 Å². The lowest BCUT2D eigenvalue weighted by Gasteiger charge is -2.09. The number of anilines is 1. The number of amides is 2. The van der Waals surface area contributed by atoms with Gasteiger partial charge in [-0.2, -0.15) is 11.3 Å². The lowest BCUT2D eigenvalue weighted by atomic mass is 10.0. The van der Waals surface area contributed by atoms with E-state index in [1.54, 1.807) is 29.1 Å². The van der Waals surface area contributed by atoms with E-state index in [2.05, 4.69) is 10.6 Å². The van der Waals surface area contributed by atoms with Crippen LogP contribution in [0.5, 0.6) is 0 Å². The molecule has 3 rings (SSSR count). The van der Waals surface area contributed by atoms with E-state index in [1.165, 1.54) is 22.7 Å². The van der Waals surface area contributed by atoms with E-state index >= 15 is 0 Å². The Morgan fingerprint density at radius 3 is 2.48 bits per heavy atom. The highest BCUT2D eigenvalue weighted by molar-refractivity contribution is 7.15. The van der Waals surface area contributed by atoms with Gasteiger partial charge < -0.3 is 20.1 Å². The van der Waals surface area contributed by atoms with Crippen LogP contribution in [0.2, 0.25) is 0 Å². The zero-order valence-corrected chi connectivity index (χ0v) is 19.4. The number of rotatable bonds is 10. The first-order valence-corrected chi connectivity index (χ1v) is 11.9. The first-order chi connectivity index (χ1) is 16.0. The summed E-state index contributed by atoms with van der Waals surface area (Å²) in [5.74, 6) is -2.04. The van der Waals surface area contributed by atoms with E-state index in [0.717, 1.165) is 5.56 Å². The minimum atomic E-state index is -0.627. The highest BCUT2D eigenvalue weighted by atomic mass is 32.1. The van der Waals surface area contributed by atoms with Crippen LogP contribution in [-0.2, 0) is 19.1 Å². The highest BCUT2D eigenvalue weighted by Gasteiger charge is 2.23. The third-order valence-corrected chi connectivity index (χ3v) is 5.95. The highest BCUT2D eigenvalue weighted by Crippen LogP contribution is 2.36. The maximum atomic E-state index is 12.5. The molecule has 2 heterocycles. The molecule has 2 amide bonds. The second kappa shape index (κ2) is 11.9. The van der Waals surface area contributed by atoms with Crippen molar-refractivity contribution >= 4 is 51.4 Å². The Balaban J connectivity index is 1.54. The number of thiophene rings is 2. The summed E-state index contributed by atoms with van der Waals surface area (Å²) in [6, 6.07) is 11.0. The second-order valence-corrected chi connectivity index (χ2v) is 8.33. The Kier molecular flexibility index (Phi) is 8.73. The third kappa shape index (κ3) is 6.74. The van der Waals surface area contributed by atoms with Crippen LogP contribution in [0.3, 0.4) is 0 Å². The molecule has 2 N–H and O–H groups in total. The number of carbonyl (C=O) groups excluding carboxylic acids is 4. The molecular weight excluding hydrogens is 464 g/mol. The molecule has 0 saturated heterocycles. The van der Waals surface area contributed by atoms with Gasteiger partial charge in [0, 0.05) is 28.4 Å². The zero-order chi connectivity index (χ0) is 23.6. The fourth-order valence-electron chi connectivity index (χ4n) is 2.84. The molecule has 172 valence electrons. The van der Waals surface area contributed by atoms with Crippen LogP contribution in [0, 0.1) is 0 Å². The van der Waals surface area contributed by atoms with Gasteiger partial charge >= 0.3 is 11.9 Å². The first-order valence-electron chi connectivity index (χ1n) is 10.1. The van der Waals surface area contributed by atoms with Crippen molar-refractivity contribution in [3.8, 4) is 11.1 Å². The summed E-state index contributed by atoms with van der Waals surface area (Å²) in [5.41, 5.74) is 2.24. The van der Waals surface area contributed by atoms with Gasteiger partial charge in [-0.15, -0.1) is 11.3 Å². The molecule has 1 aromatic carbocycles. The fraction of sp³-hybridized carbons (Fsp3) is 0.217. The molecular formula is C23H22N2O6S2. The SMILES string of the molecule is CCOC(=O)c1c(-c2ccccc2)csc1NC(=O)COC(=O)CCNC(=O)c1ccsc1. The van der Waals surface area contributed by atoms with Crippen molar-refractivity contribution in [1.82, 2.24) is 5.32 Å². The molecule has 0 bridgehead atoms. The number of carbonyl (C=O) groups is 4. The van der Waals surface area contributed by atoms with E-state index in [0.29, 0.717) is 16.1 Å². The van der Waals surface area contributed by atoms with Crippen molar-refractivity contribution in [2.45, 2.75) is 13.3 Å². The molecule has 0 unspecified atom stereocenters. The average molecular weight is 487 g/mol. The number of hydrogen-bond donors (Lipinski definition) is 2. The van der Waals surface area contributed by atoms with Gasteiger partial charge in [-0.25, -0.2) is 4.79 Å². The average Bonchev–Trinajstić information content (AvgIpc) is 3.49. The van der Waals surface area contributed by atoms with E-state index < -0.39 is 24.5 Å². The largest absolute Gasteiger partial charge is 0.462 e. The van der Waals surface area contributed by atoms with Crippen LogP contribution in [-0.4, -0.2) is 43.5 Å². The molecule has 0 radical (unpaired) electrons. The Morgan fingerprint density at radius 1 is 1.00 bits per heavy atom. The summed E-state index contributed by atoms with van der Waals surface area (Å²) in [6.07, 6.45) is -0.0750. The van der Waals surface area contributed by atoms with Crippen molar-refractivity contribution in [3.63, 3.8) is 0 Å². The molecule has 8 nitrogen and oxygen atoms in total. The van der Waals surface area contributed by atoms with Crippen molar-refractivity contribution in [3.05, 3.63) is 63.7 Å². The first kappa shape index (κ1) is 24.1. The molecule has 2 aromatic heterocycles. The Morgan fingerprint density at radius 2 is 1.79 bits per heavy atom. The number of esters is 2. The summed E-state index contributed by atoms with van der Waals surface area (Å²) in [7, 11) is 0. The van der Waals surface area contributed by atoms with Crippen molar-refractivity contribution in [1.29, 1.82) is 0 Å². The van der Waals surface area contributed by atoms with E-state index in [1.807, 2.05) is 30.3 Å². The van der Waals surface area contributed by atoms with Crippen LogP contribution in [0.25, 0.3) is 11.1 Å². The van der Waals surface area contributed by atoms with Gasteiger partial charge in [0.2, 0.25) is 0 Å². The molecule has 0 aliphatic heterocycles. The normalized spacial score (nSPS) is 10.3. The van der Waals surface area contributed by atoms with Crippen LogP contribution in [0.4, 0.5) is 5.00 Å². The summed E-state index contributed by atoms with van der Waals surface area (Å²) >= 11 is 2.58. The topological polar surface area (TPSA) is 111 Å². The molecule has 10 heteroatoms. The maximum absolute atomic E-state index is 12.5. The van der Waals surface area contributed by atoms with Gasteiger partial charge in [-0.3, -0.25) is 14.4 Å². The number of nitrogens with one attached hydrogen (secondary N) is 2. The van der Waals surface area contributed by atoms with Gasteiger partial charge in [0.25, 0.3) is 11.8 Å². The van der Waals surface area contributed by atoms with Crippen molar-refractivity contribution in [2.75, 3.05) is 25.1 Å². The fourth-order valence-corrected chi connectivity index (χ4v) is 4.45. The number of hydrogen-bond acceptors (Lipinski definition) is 8. The molecule has 3 aromatic rings. The number of ether oxygens (including phenoxy) is 2. The van der Waals surface area contributed by atoms with Crippen LogP contribution >= 0.6 is 22.7 Å². The lowest BCUT2D eigenvalue weighted by Crippen LogP contribution is -2.27. The second-order valence-electron chi connectivity index (χ2n) is 6.67. The van der Waals surface area contributed by atoms with Crippen LogP contribution in [0.1, 0.15) is 34.1 Å². The smallest absolute Gasteiger partial charge is 0.341 e. The molecule has 0 spiro atoms. The summed E-state index contributed by atoms with van der Waals surface area (Å²) < 4.78 is 10.1. The van der Waals surface area contributed by atoms with Crippen LogP contribution < -0.4 is 10.6 Å². The predicted octanol–water partition coefficient (Wildman–Crippen LogP) is 3.96. The quantitative estimate of drug-likeness (QED) is 0.420. The van der Waals surface area contributed by atoms with Crippen molar-refractivity contribution in [2.24, 2.45) is 0 Å². The number of benzene rings is 1. The van der Waals surface area contributed by atoms with E-state index in [9.17, 15) is 19.2 Å². The van der Waals surface area contributed by atoms with Gasteiger partial charge in [-0.05, 0) is 23.9 Å². The standard InChI is InChI=1S/C23H22N2O6S2/c1-2-30-23(29)20-17(15-6-4-3-5-7-15)14-33-22(20)25-18(26)12-31-19(27)8-10-24-21(28)16-9-11-32-13-16/h3-7,9,11,13-14H,2,8,10,12H2,1H3,(H,24,28)(H,25,26). The predicted molar refractivity (Wildman–Crippen MR) is 127 cm³/mol. The molecule has 0 saturated carbocycles. The van der Waals surface area contributed by atoms with Gasteiger partial charge in [0.05, 0.1) is 13.0 Å². The summed E-state index contributed by atoms with van der Waals surface area (Å²) in [6.45, 7) is 1.47. The molecule has 0 fully saturated rings. The molecule has 0 atom stereocenters. The van der Waals surface area contributed by atoms with Gasteiger partial charge in [0.1, 0.15) is 10.6 Å². The minimum absolute atomic E-state index is 0.0750.